The number of carbonyl (C=O) groups excluding carboxylic acids is 1. The summed E-state index contributed by atoms with van der Waals surface area (Å²) in [6.07, 6.45) is 2.74. The molecule has 0 aliphatic heterocycles. The van der Waals surface area contributed by atoms with Crippen molar-refractivity contribution < 1.29 is 9.53 Å². The zero-order valence-corrected chi connectivity index (χ0v) is 15.1. The molecule has 0 bridgehead atoms. The van der Waals surface area contributed by atoms with Gasteiger partial charge in [-0.1, -0.05) is 0 Å². The Balaban J connectivity index is 1.63. The van der Waals surface area contributed by atoms with Crippen molar-refractivity contribution in [2.45, 2.75) is 33.2 Å². The van der Waals surface area contributed by atoms with E-state index in [-0.39, 0.29) is 11.9 Å². The average molecular weight is 340 g/mol. The first-order valence-electron chi connectivity index (χ1n) is 8.44. The van der Waals surface area contributed by atoms with Crippen LogP contribution in [-0.2, 0) is 11.2 Å². The number of rotatable bonds is 6. The van der Waals surface area contributed by atoms with Crippen molar-refractivity contribution in [2.75, 3.05) is 13.7 Å². The van der Waals surface area contributed by atoms with Crippen molar-refractivity contribution in [3.63, 3.8) is 0 Å². The third-order valence-corrected chi connectivity index (χ3v) is 4.46. The highest BCUT2D eigenvalue weighted by molar-refractivity contribution is 5.85. The molecular formula is C19H24N4O2. The summed E-state index contributed by atoms with van der Waals surface area (Å²) in [6, 6.07) is 7.60. The topological polar surface area (TPSA) is 71.9 Å². The number of fused-ring (bicyclic) bond motifs is 1. The molecule has 0 fully saturated rings. The van der Waals surface area contributed by atoms with Gasteiger partial charge < -0.3 is 15.0 Å². The van der Waals surface area contributed by atoms with E-state index in [1.807, 2.05) is 51.2 Å². The van der Waals surface area contributed by atoms with Crippen LogP contribution in [0.5, 0.6) is 5.75 Å². The van der Waals surface area contributed by atoms with E-state index in [0.717, 1.165) is 40.0 Å². The molecule has 0 aliphatic carbocycles. The minimum Gasteiger partial charge on any atom is -0.497 e. The van der Waals surface area contributed by atoms with E-state index in [4.69, 9.17) is 4.74 Å². The molecule has 0 aliphatic rings. The number of aromatic nitrogens is 3. The average Bonchev–Trinajstić information content (AvgIpc) is 3.16. The van der Waals surface area contributed by atoms with Gasteiger partial charge in [-0.3, -0.25) is 9.48 Å². The molecule has 6 nitrogen and oxygen atoms in total. The van der Waals surface area contributed by atoms with Gasteiger partial charge in [0.25, 0.3) is 0 Å². The van der Waals surface area contributed by atoms with Crippen LogP contribution in [0, 0.1) is 13.8 Å². The SMILES string of the molecule is COc1ccc2[nH]cc(CCNC(=O)[C@H](C)n3nc(C)cc3C)c2c1. The molecule has 0 unspecified atom stereocenters. The fourth-order valence-electron chi connectivity index (χ4n) is 3.11. The van der Waals surface area contributed by atoms with Crippen LogP contribution in [0.15, 0.2) is 30.5 Å². The Morgan fingerprint density at radius 2 is 2.16 bits per heavy atom. The fraction of sp³-hybridized carbons (Fsp3) is 0.368. The Morgan fingerprint density at radius 3 is 2.84 bits per heavy atom. The Labute approximate surface area is 147 Å². The first-order valence-corrected chi connectivity index (χ1v) is 8.44. The molecule has 1 aromatic carbocycles. The van der Waals surface area contributed by atoms with Crippen LogP contribution in [0.3, 0.4) is 0 Å². The Bertz CT molecular complexity index is 894. The lowest BCUT2D eigenvalue weighted by Crippen LogP contribution is -2.33. The van der Waals surface area contributed by atoms with Crippen LogP contribution in [0.2, 0.25) is 0 Å². The predicted molar refractivity (Wildman–Crippen MR) is 98.0 cm³/mol. The zero-order chi connectivity index (χ0) is 18.0. The first-order chi connectivity index (χ1) is 12.0. The van der Waals surface area contributed by atoms with E-state index in [9.17, 15) is 4.79 Å². The highest BCUT2D eigenvalue weighted by atomic mass is 16.5. The molecule has 0 spiro atoms. The number of methoxy groups -OCH3 is 1. The van der Waals surface area contributed by atoms with Crippen LogP contribution in [-0.4, -0.2) is 34.3 Å². The Kier molecular flexibility index (Phi) is 4.79. The van der Waals surface area contributed by atoms with Crippen molar-refractivity contribution in [1.29, 1.82) is 0 Å². The van der Waals surface area contributed by atoms with Gasteiger partial charge in [-0.25, -0.2) is 0 Å². The number of aryl methyl sites for hydroxylation is 2. The quantitative estimate of drug-likeness (QED) is 0.725. The van der Waals surface area contributed by atoms with Crippen molar-refractivity contribution in [1.82, 2.24) is 20.1 Å². The third kappa shape index (κ3) is 3.52. The molecule has 2 N–H and O–H groups in total. The molecular weight excluding hydrogens is 316 g/mol. The number of H-pyrrole nitrogens is 1. The minimum atomic E-state index is -0.322. The van der Waals surface area contributed by atoms with Crippen molar-refractivity contribution >= 4 is 16.8 Å². The van der Waals surface area contributed by atoms with Gasteiger partial charge in [-0.15, -0.1) is 0 Å². The molecule has 132 valence electrons. The summed E-state index contributed by atoms with van der Waals surface area (Å²) in [7, 11) is 1.66. The lowest BCUT2D eigenvalue weighted by atomic mass is 10.1. The molecule has 2 aromatic heterocycles. The van der Waals surface area contributed by atoms with Crippen molar-refractivity contribution in [3.8, 4) is 5.75 Å². The number of nitrogens with one attached hydrogen (secondary N) is 2. The largest absolute Gasteiger partial charge is 0.497 e. The standard InChI is InChI=1S/C19H24N4O2/c1-12-9-13(2)23(22-12)14(3)19(24)20-8-7-15-11-21-18-6-5-16(25-4)10-17(15)18/h5-6,9-11,14,21H,7-8H2,1-4H3,(H,20,24)/t14-/m0/s1. The van der Waals surface area contributed by atoms with E-state index >= 15 is 0 Å². The summed E-state index contributed by atoms with van der Waals surface area (Å²) < 4.78 is 7.05. The van der Waals surface area contributed by atoms with Gasteiger partial charge in [0.05, 0.1) is 12.8 Å². The van der Waals surface area contributed by atoms with E-state index in [1.54, 1.807) is 11.8 Å². The molecule has 1 atom stereocenters. The summed E-state index contributed by atoms with van der Waals surface area (Å²) in [5.41, 5.74) is 4.14. The zero-order valence-electron chi connectivity index (χ0n) is 15.1. The van der Waals surface area contributed by atoms with E-state index in [1.165, 1.54) is 0 Å². The van der Waals surface area contributed by atoms with E-state index in [2.05, 4.69) is 15.4 Å². The van der Waals surface area contributed by atoms with Crippen molar-refractivity contribution in [2.24, 2.45) is 0 Å². The highest BCUT2D eigenvalue weighted by Crippen LogP contribution is 2.23. The lowest BCUT2D eigenvalue weighted by Gasteiger charge is -2.14. The third-order valence-electron chi connectivity index (χ3n) is 4.46. The molecule has 25 heavy (non-hydrogen) atoms. The number of aromatic amines is 1. The van der Waals surface area contributed by atoms with Gasteiger partial charge in [-0.05, 0) is 57.0 Å². The summed E-state index contributed by atoms with van der Waals surface area (Å²) in [5.74, 6) is 0.805. The van der Waals surface area contributed by atoms with Gasteiger partial charge in [0.2, 0.25) is 5.91 Å². The van der Waals surface area contributed by atoms with Gasteiger partial charge >= 0.3 is 0 Å². The second-order valence-electron chi connectivity index (χ2n) is 6.31. The molecule has 3 aromatic rings. The molecule has 0 radical (unpaired) electrons. The molecule has 3 rings (SSSR count). The van der Waals surface area contributed by atoms with Crippen molar-refractivity contribution in [3.05, 3.63) is 47.4 Å². The number of hydrogen-bond acceptors (Lipinski definition) is 3. The number of nitrogens with zero attached hydrogens (tertiary/aromatic N) is 2. The van der Waals surface area contributed by atoms with Crippen LogP contribution in [0.1, 0.15) is 29.9 Å². The van der Waals surface area contributed by atoms with Crippen LogP contribution < -0.4 is 10.1 Å². The lowest BCUT2D eigenvalue weighted by molar-refractivity contribution is -0.124. The molecule has 1 amide bonds. The Morgan fingerprint density at radius 1 is 1.36 bits per heavy atom. The van der Waals surface area contributed by atoms with Gasteiger partial charge in [0, 0.05) is 29.3 Å². The van der Waals surface area contributed by atoms with Crippen LogP contribution in [0.4, 0.5) is 0 Å². The van der Waals surface area contributed by atoms with E-state index in [0.29, 0.717) is 6.54 Å². The maximum Gasteiger partial charge on any atom is 0.244 e. The molecule has 0 saturated carbocycles. The number of hydrogen-bond donors (Lipinski definition) is 2. The van der Waals surface area contributed by atoms with Gasteiger partial charge in [-0.2, -0.15) is 5.10 Å². The number of benzene rings is 1. The van der Waals surface area contributed by atoms with E-state index < -0.39 is 0 Å². The smallest absolute Gasteiger partial charge is 0.244 e. The summed E-state index contributed by atoms with van der Waals surface area (Å²) in [5, 5.41) is 8.52. The fourth-order valence-corrected chi connectivity index (χ4v) is 3.11. The maximum absolute atomic E-state index is 12.4. The first kappa shape index (κ1) is 17.1. The second kappa shape index (κ2) is 7.01. The van der Waals surface area contributed by atoms with Gasteiger partial charge in [0.1, 0.15) is 11.8 Å². The molecule has 2 heterocycles. The van der Waals surface area contributed by atoms with Gasteiger partial charge in [0.15, 0.2) is 0 Å². The Hall–Kier alpha value is -2.76. The van der Waals surface area contributed by atoms with Crippen LogP contribution in [0.25, 0.3) is 10.9 Å². The predicted octanol–water partition coefficient (Wildman–Crippen LogP) is 2.91. The van der Waals surface area contributed by atoms with Crippen LogP contribution >= 0.6 is 0 Å². The monoisotopic (exact) mass is 340 g/mol. The summed E-state index contributed by atoms with van der Waals surface area (Å²) in [4.78, 5) is 15.7. The maximum atomic E-state index is 12.4. The number of ether oxygens (including phenoxy) is 1. The summed E-state index contributed by atoms with van der Waals surface area (Å²) >= 11 is 0. The highest BCUT2D eigenvalue weighted by Gasteiger charge is 2.17. The number of amides is 1. The minimum absolute atomic E-state index is 0.0244. The summed E-state index contributed by atoms with van der Waals surface area (Å²) in [6.45, 7) is 6.33. The number of carbonyl (C=O) groups is 1. The second-order valence-corrected chi connectivity index (χ2v) is 6.31. The molecule has 6 heteroatoms. The molecule has 0 saturated heterocycles. The normalized spacial score (nSPS) is 12.3.